The fourth-order valence-corrected chi connectivity index (χ4v) is 8.26. The van der Waals surface area contributed by atoms with Gasteiger partial charge >= 0.3 is 30.4 Å². The van der Waals surface area contributed by atoms with Gasteiger partial charge in [-0.05, 0) is 19.8 Å². The molecule has 0 fully saturated rings. The Labute approximate surface area is 283 Å². The number of nitrogens with one attached hydrogen (secondary N) is 1. The average Bonchev–Trinajstić information content (AvgIpc) is 2.87. The molecule has 4 N–H and O–H groups in total. The van der Waals surface area contributed by atoms with Crippen molar-refractivity contribution in [2.75, 3.05) is 126 Å². The molecule has 17 nitrogen and oxygen atoms in total. The van der Waals surface area contributed by atoms with Gasteiger partial charge < -0.3 is 23.7 Å². The molecule has 1 atom stereocenters. The van der Waals surface area contributed by atoms with Gasteiger partial charge in [-0.1, -0.05) is 0 Å². The molecule has 2 amide bonds. The van der Waals surface area contributed by atoms with Crippen molar-refractivity contribution in [3.8, 4) is 0 Å². The number of amides is 2. The van der Waals surface area contributed by atoms with E-state index in [-0.39, 0.29) is 35.1 Å². The second-order valence-electron chi connectivity index (χ2n) is 14.6. The van der Waals surface area contributed by atoms with Crippen LogP contribution in [0.2, 0.25) is 0 Å². The van der Waals surface area contributed by atoms with Gasteiger partial charge in [-0.3, -0.25) is 27.7 Å². The zero-order valence-electron chi connectivity index (χ0n) is 29.6. The van der Waals surface area contributed by atoms with E-state index in [1.54, 1.807) is 19.0 Å². The Morgan fingerprint density at radius 3 is 1.51 bits per heavy atom. The van der Waals surface area contributed by atoms with E-state index in [2.05, 4.69) is 5.32 Å². The minimum atomic E-state index is -4.49. The first-order chi connectivity index (χ1) is 21.0. The molecule has 0 aromatic heterocycles. The molecule has 0 bridgehead atoms. The summed E-state index contributed by atoms with van der Waals surface area (Å²) in [5.74, 6) is -2.21. The maximum atomic E-state index is 12.6. The molecule has 0 saturated carbocycles. The second kappa shape index (κ2) is 18.5. The molecule has 47 heavy (non-hydrogen) atoms. The highest BCUT2D eigenvalue weighted by molar-refractivity contribution is 7.86. The maximum Gasteiger partial charge on any atom is 0.316 e. The molecule has 1 unspecified atom stereocenters. The van der Waals surface area contributed by atoms with Gasteiger partial charge in [0, 0.05) is 32.9 Å². The van der Waals surface area contributed by atoms with Crippen molar-refractivity contribution in [3.05, 3.63) is 0 Å². The first kappa shape index (κ1) is 45.5. The van der Waals surface area contributed by atoms with Gasteiger partial charge in [0.15, 0.2) is 0 Å². The molecule has 20 heteroatoms. The summed E-state index contributed by atoms with van der Waals surface area (Å²) in [7, 11) is -0.446. The highest BCUT2D eigenvalue weighted by atomic mass is 32.2. The summed E-state index contributed by atoms with van der Waals surface area (Å²) in [6, 6.07) is 0. The monoisotopic (exact) mass is 742 g/mol. The van der Waals surface area contributed by atoms with Gasteiger partial charge in [0.25, 0.3) is 0 Å². The largest absolute Gasteiger partial charge is 0.356 e. The predicted octanol–water partition coefficient (Wildman–Crippen LogP) is -0.887. The van der Waals surface area contributed by atoms with Crippen molar-refractivity contribution in [2.24, 2.45) is 0 Å². The van der Waals surface area contributed by atoms with Crippen LogP contribution in [0.15, 0.2) is 0 Å². The maximum absolute atomic E-state index is 12.6. The SMILES string of the molecule is CC[N+](C)(CC[N+](C)(C)CCN(C)C(=O)CCCCC(=O)NCCC[N+](C)(C)CC[N+](C)(CS(=O)(=O)O)CS(=O)(=O)O)CS(=O)(=O)O. The summed E-state index contributed by atoms with van der Waals surface area (Å²) >= 11 is 0. The molecule has 0 aromatic carbocycles. The van der Waals surface area contributed by atoms with Crippen LogP contribution in [0.4, 0.5) is 0 Å². The minimum absolute atomic E-state index is 0.0196. The van der Waals surface area contributed by atoms with Crippen molar-refractivity contribution >= 4 is 42.2 Å². The van der Waals surface area contributed by atoms with Crippen molar-refractivity contribution in [3.63, 3.8) is 0 Å². The summed E-state index contributed by atoms with van der Waals surface area (Å²) in [5.41, 5.74) is 0. The average molecular weight is 743 g/mol. The molecular weight excluding hydrogens is 681 g/mol. The number of hydrogen-bond acceptors (Lipinski definition) is 8. The Hall–Kier alpha value is -1.49. The topological polar surface area (TPSA) is 213 Å². The predicted molar refractivity (Wildman–Crippen MR) is 179 cm³/mol. The van der Waals surface area contributed by atoms with E-state index in [0.29, 0.717) is 87.0 Å². The summed E-state index contributed by atoms with van der Waals surface area (Å²) in [5, 5.41) is 2.85. The third-order valence-electron chi connectivity index (χ3n) is 8.45. The first-order valence-electron chi connectivity index (χ1n) is 15.7. The number of likely N-dealkylation sites (N-methyl/N-ethyl adjacent to an activating group) is 5. The summed E-state index contributed by atoms with van der Waals surface area (Å²) < 4.78 is 96.8. The van der Waals surface area contributed by atoms with E-state index in [0.717, 1.165) is 0 Å². The summed E-state index contributed by atoms with van der Waals surface area (Å²) in [6.07, 6.45) is 2.31. The van der Waals surface area contributed by atoms with E-state index >= 15 is 0 Å². The Bertz CT molecular complexity index is 1310. The molecular formula is C27H62N6O11S3+4. The van der Waals surface area contributed by atoms with Gasteiger partial charge in [-0.15, -0.1) is 0 Å². The van der Waals surface area contributed by atoms with Crippen LogP contribution in [0.5, 0.6) is 0 Å². The second-order valence-corrected chi connectivity index (χ2v) is 18.9. The lowest BCUT2D eigenvalue weighted by atomic mass is 10.1. The molecule has 0 aliphatic heterocycles. The number of carbonyl (C=O) groups is 2. The molecule has 0 aliphatic rings. The molecule has 0 saturated heterocycles. The quantitative estimate of drug-likeness (QED) is 0.0512. The lowest BCUT2D eigenvalue weighted by Gasteiger charge is -2.37. The Balaban J connectivity index is 4.46. The molecule has 0 spiro atoms. The molecule has 0 rings (SSSR count). The normalized spacial score (nSPS) is 14.9. The molecule has 0 aliphatic carbocycles. The summed E-state index contributed by atoms with van der Waals surface area (Å²) in [6.45, 7) is 6.25. The van der Waals surface area contributed by atoms with Crippen molar-refractivity contribution in [2.45, 2.75) is 39.0 Å². The van der Waals surface area contributed by atoms with Gasteiger partial charge in [0.2, 0.25) is 29.4 Å². The van der Waals surface area contributed by atoms with Crippen LogP contribution in [-0.2, 0) is 39.9 Å². The van der Waals surface area contributed by atoms with E-state index in [4.69, 9.17) is 0 Å². The smallest absolute Gasteiger partial charge is 0.316 e. The van der Waals surface area contributed by atoms with E-state index < -0.39 is 46.6 Å². The van der Waals surface area contributed by atoms with Crippen LogP contribution in [0.1, 0.15) is 39.0 Å². The number of hydrogen-bond donors (Lipinski definition) is 4. The van der Waals surface area contributed by atoms with Crippen LogP contribution in [0.3, 0.4) is 0 Å². The van der Waals surface area contributed by atoms with Crippen LogP contribution >= 0.6 is 0 Å². The van der Waals surface area contributed by atoms with Crippen LogP contribution in [0, 0.1) is 0 Å². The Morgan fingerprint density at radius 2 is 1.04 bits per heavy atom. The Morgan fingerprint density at radius 1 is 0.617 bits per heavy atom. The summed E-state index contributed by atoms with van der Waals surface area (Å²) in [4.78, 5) is 26.6. The molecule has 0 heterocycles. The minimum Gasteiger partial charge on any atom is -0.356 e. The van der Waals surface area contributed by atoms with Gasteiger partial charge in [-0.2, -0.15) is 25.3 Å². The standard InChI is InChI=1S/C27H58N6O11S3/c1-9-32(7,23-45(36,37)38)21-19-31(5,6)18-16-29(2)27(35)14-11-10-13-26(34)28-15-12-17-30(3,4)20-22-33(8,24-46(39,40)41)25-47(42,43)44/h9-25H2,1-8H3/p+4. The van der Waals surface area contributed by atoms with Gasteiger partial charge in [0.05, 0.1) is 68.5 Å². The number of rotatable bonds is 25. The number of unbranched alkanes of at least 4 members (excludes halogenated alkanes) is 1. The van der Waals surface area contributed by atoms with Crippen molar-refractivity contribution in [1.82, 2.24) is 10.2 Å². The van der Waals surface area contributed by atoms with Gasteiger partial charge in [0.1, 0.15) is 26.2 Å². The fourth-order valence-electron chi connectivity index (χ4n) is 5.03. The van der Waals surface area contributed by atoms with Crippen LogP contribution in [-0.4, -0.2) is 199 Å². The number of quaternary nitrogens is 4. The molecule has 0 aromatic rings. The van der Waals surface area contributed by atoms with E-state index in [1.807, 2.05) is 35.1 Å². The van der Waals surface area contributed by atoms with Crippen molar-refractivity contribution < 1.29 is 66.4 Å². The number of carbonyl (C=O) groups excluding carboxylic acids is 2. The highest BCUT2D eigenvalue weighted by Gasteiger charge is 2.35. The third kappa shape index (κ3) is 23.5. The lowest BCUT2D eigenvalue weighted by molar-refractivity contribution is -0.948. The zero-order chi connectivity index (χ0) is 37.0. The lowest BCUT2D eigenvalue weighted by Crippen LogP contribution is -2.56. The molecule has 280 valence electrons. The zero-order valence-corrected chi connectivity index (χ0v) is 32.0. The number of nitrogens with zero attached hydrogens (tertiary/aromatic N) is 5. The third-order valence-corrected chi connectivity index (χ3v) is 11.3. The van der Waals surface area contributed by atoms with E-state index in [1.165, 1.54) is 7.05 Å². The van der Waals surface area contributed by atoms with E-state index in [9.17, 15) is 48.5 Å². The van der Waals surface area contributed by atoms with Gasteiger partial charge in [-0.25, -0.2) is 0 Å². The van der Waals surface area contributed by atoms with Crippen LogP contribution in [0.25, 0.3) is 0 Å². The van der Waals surface area contributed by atoms with Crippen molar-refractivity contribution in [1.29, 1.82) is 0 Å². The first-order valence-corrected chi connectivity index (χ1v) is 20.5. The van der Waals surface area contributed by atoms with Crippen LogP contribution < -0.4 is 5.32 Å². The molecule has 0 radical (unpaired) electrons. The fraction of sp³-hybridized carbons (Fsp3) is 0.926. The highest BCUT2D eigenvalue weighted by Crippen LogP contribution is 2.12. The Kier molecular flexibility index (Phi) is 17.9.